The van der Waals surface area contributed by atoms with Gasteiger partial charge in [-0.15, -0.1) is 0 Å². The summed E-state index contributed by atoms with van der Waals surface area (Å²) < 4.78 is 11.1. The first-order valence-corrected chi connectivity index (χ1v) is 13.8. The maximum absolute atomic E-state index is 13.4. The highest BCUT2D eigenvalue weighted by molar-refractivity contribution is 6.50. The normalized spacial score (nSPS) is 18.7. The molecule has 4 atom stereocenters. The summed E-state index contributed by atoms with van der Waals surface area (Å²) in [5.74, 6) is -5.75. The number of nitrogens with zero attached hydrogens (tertiary/aromatic N) is 2. The number of aromatic nitrogens is 1. The number of pyridine rings is 1. The second-order valence-electron chi connectivity index (χ2n) is 11.1. The summed E-state index contributed by atoms with van der Waals surface area (Å²) in [6.45, 7) is 4.96. The van der Waals surface area contributed by atoms with Crippen molar-refractivity contribution in [3.8, 4) is 11.3 Å². The zero-order valence-electron chi connectivity index (χ0n) is 24.8. The summed E-state index contributed by atoms with van der Waals surface area (Å²) in [4.78, 5) is 69.4. The number of carboxylic acids is 1. The molecule has 43 heavy (non-hydrogen) atoms. The molecule has 0 spiro atoms. The first-order chi connectivity index (χ1) is 20.2. The summed E-state index contributed by atoms with van der Waals surface area (Å²) in [5, 5.41) is 25.6. The van der Waals surface area contributed by atoms with E-state index in [2.05, 4.69) is 15.6 Å². The summed E-state index contributed by atoms with van der Waals surface area (Å²) in [5.41, 5.74) is -0.881. The molecular formula is C29H37BN4O9. The van der Waals surface area contributed by atoms with Crippen molar-refractivity contribution in [2.75, 3.05) is 14.1 Å². The maximum atomic E-state index is 13.4. The molecule has 0 saturated carbocycles. The molecule has 1 aliphatic heterocycles. The Hall–Kier alpha value is -4.30. The molecule has 0 bridgehead atoms. The van der Waals surface area contributed by atoms with Crippen LogP contribution in [0.1, 0.15) is 50.5 Å². The van der Waals surface area contributed by atoms with Crippen molar-refractivity contribution in [1.82, 2.24) is 20.5 Å². The van der Waals surface area contributed by atoms with Gasteiger partial charge < -0.3 is 35.1 Å². The number of rotatable bonds is 12. The fourth-order valence-electron chi connectivity index (χ4n) is 4.53. The summed E-state index contributed by atoms with van der Waals surface area (Å²) in [6.07, 6.45) is -2.53. The first kappa shape index (κ1) is 33.2. The molecule has 1 aromatic heterocycles. The number of carbonyl (C=O) groups excluding carboxylic acids is 4. The smallest absolute Gasteiger partial charge is 0.508 e. The van der Waals surface area contributed by atoms with Gasteiger partial charge in [0.15, 0.2) is 5.60 Å². The largest absolute Gasteiger partial charge is 0.552 e. The predicted octanol–water partition coefficient (Wildman–Crippen LogP) is 1.05. The van der Waals surface area contributed by atoms with Crippen LogP contribution in [0, 0.1) is 5.92 Å². The fraction of sp³-hybridized carbons (Fsp3) is 0.448. The highest BCUT2D eigenvalue weighted by atomic mass is 16.6. The third kappa shape index (κ3) is 8.61. The van der Waals surface area contributed by atoms with Crippen LogP contribution >= 0.6 is 0 Å². The van der Waals surface area contributed by atoms with Gasteiger partial charge in [0.2, 0.25) is 11.8 Å². The number of carboxylic acid groups (broad SMARTS) is 1. The van der Waals surface area contributed by atoms with Crippen molar-refractivity contribution in [3.63, 3.8) is 0 Å². The highest BCUT2D eigenvalue weighted by Crippen LogP contribution is 2.30. The van der Waals surface area contributed by atoms with E-state index in [-0.39, 0.29) is 18.0 Å². The number of benzene rings is 1. The third-order valence-electron chi connectivity index (χ3n) is 6.83. The topological polar surface area (TPSA) is 184 Å². The van der Waals surface area contributed by atoms with Gasteiger partial charge in [-0.2, -0.15) is 0 Å². The molecule has 4 N–H and O–H groups in total. The SMILES string of the molecule is CC(C)C[C@H](NC(=O)[C@@H](NC(=O)c1cccc(-c2ccccc2)n1)[C@@H](C)O)B1OC(=O)CC(CC(=O)N(C)C)(C(=O)O)O1. The van der Waals surface area contributed by atoms with Crippen LogP contribution in [0.5, 0.6) is 0 Å². The molecule has 3 amide bonds. The lowest BCUT2D eigenvalue weighted by Crippen LogP contribution is -2.63. The molecule has 1 aliphatic rings. The molecule has 0 aliphatic carbocycles. The van der Waals surface area contributed by atoms with Crippen molar-refractivity contribution < 1.29 is 43.5 Å². The number of aliphatic hydroxyl groups excluding tert-OH is 1. The van der Waals surface area contributed by atoms with Gasteiger partial charge in [-0.05, 0) is 31.4 Å². The van der Waals surface area contributed by atoms with Gasteiger partial charge in [0.25, 0.3) is 11.9 Å². The predicted molar refractivity (Wildman–Crippen MR) is 155 cm³/mol. The zero-order valence-corrected chi connectivity index (χ0v) is 24.8. The number of amides is 3. The van der Waals surface area contributed by atoms with E-state index in [0.29, 0.717) is 5.69 Å². The molecule has 0 radical (unpaired) electrons. The third-order valence-corrected chi connectivity index (χ3v) is 6.83. The minimum atomic E-state index is -2.21. The van der Waals surface area contributed by atoms with Crippen LogP contribution in [-0.2, 0) is 28.5 Å². The van der Waals surface area contributed by atoms with Gasteiger partial charge in [-0.25, -0.2) is 9.78 Å². The Morgan fingerprint density at radius 2 is 1.72 bits per heavy atom. The van der Waals surface area contributed by atoms with Crippen LogP contribution in [-0.4, -0.2) is 94.7 Å². The van der Waals surface area contributed by atoms with Crippen molar-refractivity contribution >= 4 is 36.8 Å². The second kappa shape index (κ2) is 14.3. The van der Waals surface area contributed by atoms with E-state index in [1.807, 2.05) is 44.2 Å². The molecule has 2 aromatic rings. The van der Waals surface area contributed by atoms with E-state index >= 15 is 0 Å². The van der Waals surface area contributed by atoms with Gasteiger partial charge >= 0.3 is 13.1 Å². The highest BCUT2D eigenvalue weighted by Gasteiger charge is 2.55. The van der Waals surface area contributed by atoms with Crippen molar-refractivity contribution in [1.29, 1.82) is 0 Å². The second-order valence-corrected chi connectivity index (χ2v) is 11.1. The average molecular weight is 596 g/mol. The Labute approximate surface area is 250 Å². The van der Waals surface area contributed by atoms with Crippen LogP contribution in [0.4, 0.5) is 0 Å². The lowest BCUT2D eigenvalue weighted by Gasteiger charge is -2.39. The monoisotopic (exact) mass is 596 g/mol. The molecule has 13 nitrogen and oxygen atoms in total. The van der Waals surface area contributed by atoms with Gasteiger partial charge in [0.05, 0.1) is 30.6 Å². The number of aliphatic carboxylic acids is 1. The number of hydrogen-bond acceptors (Lipinski definition) is 9. The number of hydrogen-bond donors (Lipinski definition) is 4. The molecule has 1 aromatic carbocycles. The Morgan fingerprint density at radius 1 is 1.05 bits per heavy atom. The summed E-state index contributed by atoms with van der Waals surface area (Å²) in [7, 11) is 1.32. The van der Waals surface area contributed by atoms with Gasteiger partial charge in [0.1, 0.15) is 11.7 Å². The zero-order chi connectivity index (χ0) is 31.9. The fourth-order valence-corrected chi connectivity index (χ4v) is 4.53. The molecule has 2 heterocycles. The van der Waals surface area contributed by atoms with E-state index in [9.17, 15) is 34.2 Å². The number of carbonyl (C=O) groups is 5. The standard InChI is InChI=1S/C29H37BN4O9/c1-17(2)14-22(30-42-24(37)16-29(43-30,28(40)41)15-23(36)34(4)5)32-27(39)25(18(3)35)33-26(38)21-13-9-12-20(31-21)19-10-7-6-8-11-19/h6-13,17-18,22,25,35H,14-16H2,1-5H3,(H,32,39)(H,33,38)(H,40,41)/t18-,22+,25+,29?/m1/s1. The molecule has 1 saturated heterocycles. The lowest BCUT2D eigenvalue weighted by atomic mass is 9.70. The maximum Gasteiger partial charge on any atom is 0.552 e. The van der Waals surface area contributed by atoms with E-state index in [1.165, 1.54) is 32.0 Å². The quantitative estimate of drug-likeness (QED) is 0.258. The lowest BCUT2D eigenvalue weighted by molar-refractivity contribution is -0.173. The van der Waals surface area contributed by atoms with Crippen LogP contribution in [0.2, 0.25) is 0 Å². The van der Waals surface area contributed by atoms with Crippen LogP contribution in [0.3, 0.4) is 0 Å². The van der Waals surface area contributed by atoms with Gasteiger partial charge in [-0.3, -0.25) is 19.2 Å². The van der Waals surface area contributed by atoms with Crippen LogP contribution in [0.25, 0.3) is 11.3 Å². The molecule has 1 unspecified atom stereocenters. The first-order valence-electron chi connectivity index (χ1n) is 13.8. The summed E-state index contributed by atoms with van der Waals surface area (Å²) in [6, 6.07) is 12.6. The van der Waals surface area contributed by atoms with Crippen molar-refractivity contribution in [2.45, 2.75) is 63.7 Å². The van der Waals surface area contributed by atoms with Crippen LogP contribution in [0.15, 0.2) is 48.5 Å². The molecular weight excluding hydrogens is 559 g/mol. The Balaban J connectivity index is 1.82. The van der Waals surface area contributed by atoms with Gasteiger partial charge in [0, 0.05) is 19.7 Å². The number of aliphatic hydroxyl groups is 1. The average Bonchev–Trinajstić information content (AvgIpc) is 2.95. The molecule has 230 valence electrons. The Bertz CT molecular complexity index is 1340. The Morgan fingerprint density at radius 3 is 2.30 bits per heavy atom. The molecule has 1 fully saturated rings. The number of nitrogens with one attached hydrogen (secondary N) is 2. The molecule has 3 rings (SSSR count). The van der Waals surface area contributed by atoms with Crippen molar-refractivity contribution in [3.05, 3.63) is 54.2 Å². The van der Waals surface area contributed by atoms with Crippen LogP contribution < -0.4 is 10.6 Å². The Kier molecular flexibility index (Phi) is 11.0. The van der Waals surface area contributed by atoms with E-state index in [1.54, 1.807) is 12.1 Å². The van der Waals surface area contributed by atoms with E-state index in [0.717, 1.165) is 5.56 Å². The van der Waals surface area contributed by atoms with Crippen molar-refractivity contribution in [2.24, 2.45) is 5.92 Å². The minimum Gasteiger partial charge on any atom is -0.508 e. The molecule has 14 heteroatoms. The van der Waals surface area contributed by atoms with E-state index < -0.39 is 73.3 Å². The van der Waals surface area contributed by atoms with Gasteiger partial charge in [-0.1, -0.05) is 50.2 Å². The summed E-state index contributed by atoms with van der Waals surface area (Å²) >= 11 is 0. The minimum absolute atomic E-state index is 0.0138. The van der Waals surface area contributed by atoms with E-state index in [4.69, 9.17) is 9.31 Å².